The standard InChI is InChI=1S/C16H23NO2/c1-18-14-5-4-12-6-8-16(17,15(12)11-14)9-7-13-3-2-10-19-13/h4-5,11,13H,2-3,6-10,17H2,1H3. The SMILES string of the molecule is COc1ccc2c(c1)C(N)(CCC1CCCO1)CC2. The molecule has 2 N–H and O–H groups in total. The zero-order chi connectivity index (χ0) is 13.3. The second-order valence-electron chi connectivity index (χ2n) is 5.85. The number of methoxy groups -OCH3 is 1. The second kappa shape index (κ2) is 5.14. The Hall–Kier alpha value is -1.06. The molecule has 104 valence electrons. The summed E-state index contributed by atoms with van der Waals surface area (Å²) in [7, 11) is 1.71. The largest absolute Gasteiger partial charge is 0.497 e. The van der Waals surface area contributed by atoms with Crippen LogP contribution in [0.25, 0.3) is 0 Å². The number of hydrogen-bond acceptors (Lipinski definition) is 3. The van der Waals surface area contributed by atoms with Crippen LogP contribution in [0.15, 0.2) is 18.2 Å². The molecule has 3 heteroatoms. The maximum atomic E-state index is 6.66. The lowest BCUT2D eigenvalue weighted by Crippen LogP contribution is -2.35. The van der Waals surface area contributed by atoms with Crippen LogP contribution in [-0.4, -0.2) is 19.8 Å². The van der Waals surface area contributed by atoms with Crippen molar-refractivity contribution in [2.45, 2.75) is 50.2 Å². The molecule has 2 unspecified atom stereocenters. The predicted molar refractivity (Wildman–Crippen MR) is 75.4 cm³/mol. The zero-order valence-electron chi connectivity index (χ0n) is 11.7. The van der Waals surface area contributed by atoms with Gasteiger partial charge in [-0.1, -0.05) is 6.07 Å². The maximum Gasteiger partial charge on any atom is 0.119 e. The molecular weight excluding hydrogens is 238 g/mol. The Labute approximate surface area is 115 Å². The molecule has 1 aliphatic heterocycles. The number of ether oxygens (including phenoxy) is 2. The van der Waals surface area contributed by atoms with Crippen molar-refractivity contribution in [2.75, 3.05) is 13.7 Å². The number of hydrogen-bond donors (Lipinski definition) is 1. The highest BCUT2D eigenvalue weighted by Gasteiger charge is 2.35. The Morgan fingerprint density at radius 3 is 3.11 bits per heavy atom. The van der Waals surface area contributed by atoms with E-state index in [1.165, 1.54) is 24.0 Å². The average molecular weight is 261 g/mol. The van der Waals surface area contributed by atoms with E-state index in [0.29, 0.717) is 6.10 Å². The summed E-state index contributed by atoms with van der Waals surface area (Å²) in [4.78, 5) is 0. The van der Waals surface area contributed by atoms with Crippen LogP contribution in [0.1, 0.15) is 43.2 Å². The van der Waals surface area contributed by atoms with Crippen LogP contribution in [0.5, 0.6) is 5.75 Å². The first-order valence-electron chi connectivity index (χ1n) is 7.29. The van der Waals surface area contributed by atoms with Crippen LogP contribution >= 0.6 is 0 Å². The van der Waals surface area contributed by atoms with Gasteiger partial charge in [0.25, 0.3) is 0 Å². The zero-order valence-corrected chi connectivity index (χ0v) is 11.7. The van der Waals surface area contributed by atoms with Gasteiger partial charge in [0, 0.05) is 12.1 Å². The van der Waals surface area contributed by atoms with Crippen LogP contribution in [0.3, 0.4) is 0 Å². The number of fused-ring (bicyclic) bond motifs is 1. The molecule has 1 aromatic carbocycles. The topological polar surface area (TPSA) is 44.5 Å². The molecule has 3 nitrogen and oxygen atoms in total. The van der Waals surface area contributed by atoms with Crippen molar-refractivity contribution in [3.05, 3.63) is 29.3 Å². The molecule has 3 rings (SSSR count). The average Bonchev–Trinajstić information content (AvgIpc) is 3.05. The molecule has 0 spiro atoms. The molecule has 1 aromatic rings. The molecule has 1 fully saturated rings. The fourth-order valence-corrected chi connectivity index (χ4v) is 3.41. The molecule has 1 heterocycles. The van der Waals surface area contributed by atoms with Gasteiger partial charge in [-0.05, 0) is 61.8 Å². The van der Waals surface area contributed by atoms with E-state index < -0.39 is 0 Å². The molecule has 2 aliphatic rings. The van der Waals surface area contributed by atoms with Gasteiger partial charge in [0.1, 0.15) is 5.75 Å². The van der Waals surface area contributed by atoms with Crippen LogP contribution in [0.2, 0.25) is 0 Å². The quantitative estimate of drug-likeness (QED) is 0.906. The number of aryl methyl sites for hydroxylation is 1. The number of nitrogens with two attached hydrogens (primary N) is 1. The fraction of sp³-hybridized carbons (Fsp3) is 0.625. The number of rotatable bonds is 4. The summed E-state index contributed by atoms with van der Waals surface area (Å²) in [5, 5.41) is 0. The molecular formula is C16H23NO2. The minimum atomic E-state index is -0.185. The van der Waals surface area contributed by atoms with Gasteiger partial charge in [-0.25, -0.2) is 0 Å². The molecule has 0 saturated carbocycles. The fourth-order valence-electron chi connectivity index (χ4n) is 3.41. The van der Waals surface area contributed by atoms with Crippen molar-refractivity contribution in [3.63, 3.8) is 0 Å². The lowest BCUT2D eigenvalue weighted by atomic mass is 9.86. The lowest BCUT2D eigenvalue weighted by molar-refractivity contribution is 0.0957. The van der Waals surface area contributed by atoms with E-state index in [1.54, 1.807) is 7.11 Å². The predicted octanol–water partition coefficient (Wildman–Crippen LogP) is 2.75. The lowest BCUT2D eigenvalue weighted by Gasteiger charge is -2.27. The van der Waals surface area contributed by atoms with Crippen molar-refractivity contribution in [1.29, 1.82) is 0 Å². The van der Waals surface area contributed by atoms with E-state index in [1.807, 2.05) is 6.07 Å². The van der Waals surface area contributed by atoms with Gasteiger partial charge in [0.2, 0.25) is 0 Å². The van der Waals surface area contributed by atoms with E-state index in [9.17, 15) is 0 Å². The van der Waals surface area contributed by atoms with Crippen LogP contribution in [0, 0.1) is 0 Å². The third-order valence-electron chi connectivity index (χ3n) is 4.63. The van der Waals surface area contributed by atoms with E-state index in [-0.39, 0.29) is 5.54 Å². The molecule has 0 radical (unpaired) electrons. The summed E-state index contributed by atoms with van der Waals surface area (Å²) in [6.07, 6.45) is 7.04. The Morgan fingerprint density at radius 1 is 1.47 bits per heavy atom. The van der Waals surface area contributed by atoms with Crippen molar-refractivity contribution in [1.82, 2.24) is 0 Å². The summed E-state index contributed by atoms with van der Waals surface area (Å²) in [5.74, 6) is 0.910. The molecule has 2 atom stereocenters. The number of benzene rings is 1. The summed E-state index contributed by atoms with van der Waals surface area (Å²) >= 11 is 0. The first kappa shape index (κ1) is 12.9. The normalized spacial score (nSPS) is 29.5. The highest BCUT2D eigenvalue weighted by molar-refractivity contribution is 5.43. The van der Waals surface area contributed by atoms with Crippen molar-refractivity contribution in [3.8, 4) is 5.75 Å². The van der Waals surface area contributed by atoms with E-state index >= 15 is 0 Å². The minimum absolute atomic E-state index is 0.185. The Kier molecular flexibility index (Phi) is 3.50. The first-order valence-corrected chi connectivity index (χ1v) is 7.29. The third-order valence-corrected chi connectivity index (χ3v) is 4.63. The molecule has 1 aliphatic carbocycles. The highest BCUT2D eigenvalue weighted by atomic mass is 16.5. The summed E-state index contributed by atoms with van der Waals surface area (Å²) in [6, 6.07) is 6.32. The van der Waals surface area contributed by atoms with E-state index in [2.05, 4.69) is 12.1 Å². The maximum absolute atomic E-state index is 6.66. The smallest absolute Gasteiger partial charge is 0.119 e. The Bertz CT molecular complexity index is 454. The first-order chi connectivity index (χ1) is 9.21. The molecule has 0 aromatic heterocycles. The van der Waals surface area contributed by atoms with Gasteiger partial charge >= 0.3 is 0 Å². The van der Waals surface area contributed by atoms with E-state index in [0.717, 1.165) is 38.0 Å². The van der Waals surface area contributed by atoms with Gasteiger partial charge < -0.3 is 15.2 Å². The monoisotopic (exact) mass is 261 g/mol. The Balaban J connectivity index is 1.74. The second-order valence-corrected chi connectivity index (χ2v) is 5.85. The van der Waals surface area contributed by atoms with Gasteiger partial charge in [0.15, 0.2) is 0 Å². The highest BCUT2D eigenvalue weighted by Crippen LogP contribution is 2.40. The minimum Gasteiger partial charge on any atom is -0.497 e. The van der Waals surface area contributed by atoms with Gasteiger partial charge in [-0.2, -0.15) is 0 Å². The molecule has 19 heavy (non-hydrogen) atoms. The third kappa shape index (κ3) is 2.49. The van der Waals surface area contributed by atoms with Gasteiger partial charge in [-0.15, -0.1) is 0 Å². The summed E-state index contributed by atoms with van der Waals surface area (Å²) in [5.41, 5.74) is 9.14. The van der Waals surface area contributed by atoms with Gasteiger partial charge in [0.05, 0.1) is 13.2 Å². The Morgan fingerprint density at radius 2 is 2.37 bits per heavy atom. The molecule has 0 bridgehead atoms. The van der Waals surface area contributed by atoms with Crippen LogP contribution < -0.4 is 10.5 Å². The van der Waals surface area contributed by atoms with Crippen LogP contribution in [-0.2, 0) is 16.7 Å². The van der Waals surface area contributed by atoms with Gasteiger partial charge in [-0.3, -0.25) is 0 Å². The van der Waals surface area contributed by atoms with Crippen molar-refractivity contribution in [2.24, 2.45) is 5.73 Å². The van der Waals surface area contributed by atoms with Crippen LogP contribution in [0.4, 0.5) is 0 Å². The van der Waals surface area contributed by atoms with Crippen molar-refractivity contribution < 1.29 is 9.47 Å². The van der Waals surface area contributed by atoms with E-state index in [4.69, 9.17) is 15.2 Å². The van der Waals surface area contributed by atoms with Crippen molar-refractivity contribution >= 4 is 0 Å². The molecule has 0 amide bonds. The summed E-state index contributed by atoms with van der Waals surface area (Å²) in [6.45, 7) is 0.923. The molecule has 1 saturated heterocycles. The summed E-state index contributed by atoms with van der Waals surface area (Å²) < 4.78 is 11.0.